The number of rotatable bonds is 8. The number of thiazole rings is 1. The van der Waals surface area contributed by atoms with Gasteiger partial charge in [0.05, 0.1) is 36.9 Å². The quantitative estimate of drug-likeness (QED) is 0.434. The minimum absolute atomic E-state index is 0.125. The number of benzene rings is 1. The monoisotopic (exact) mass is 608 g/mol. The summed E-state index contributed by atoms with van der Waals surface area (Å²) >= 11 is 4.60. The summed E-state index contributed by atoms with van der Waals surface area (Å²) < 4.78 is 24.0. The molecule has 38 heavy (non-hydrogen) atoms. The molecule has 204 valence electrons. The Morgan fingerprint density at radius 1 is 1.39 bits per heavy atom. The van der Waals surface area contributed by atoms with E-state index in [1.165, 1.54) is 23.5 Å². The van der Waals surface area contributed by atoms with Crippen molar-refractivity contribution < 1.29 is 28.6 Å². The van der Waals surface area contributed by atoms with Gasteiger partial charge in [-0.05, 0) is 44.4 Å². The summed E-state index contributed by atoms with van der Waals surface area (Å²) in [7, 11) is 0. The number of carbonyl (C=O) groups excluding carboxylic acids is 1. The van der Waals surface area contributed by atoms with Crippen LogP contribution < -0.4 is 5.32 Å². The van der Waals surface area contributed by atoms with Crippen molar-refractivity contribution in [2.24, 2.45) is 10.4 Å². The lowest BCUT2D eigenvalue weighted by molar-refractivity contribution is -0.146. The van der Waals surface area contributed by atoms with E-state index in [9.17, 15) is 19.1 Å². The maximum atomic E-state index is 12.5. The van der Waals surface area contributed by atoms with Gasteiger partial charge in [-0.1, -0.05) is 22.0 Å². The number of aliphatic imine (C=N–C) groups is 1. The Morgan fingerprint density at radius 3 is 2.82 bits per heavy atom. The second kappa shape index (κ2) is 12.9. The number of halogens is 2. The van der Waals surface area contributed by atoms with Gasteiger partial charge in [-0.25, -0.2) is 14.2 Å². The highest BCUT2D eigenvalue weighted by Gasteiger charge is 2.51. The summed E-state index contributed by atoms with van der Waals surface area (Å²) in [5, 5.41) is 15.4. The number of carboxylic acid groups (broad SMARTS) is 1. The summed E-state index contributed by atoms with van der Waals surface area (Å²) in [4.78, 5) is 35.0. The first-order valence-electron chi connectivity index (χ1n) is 12.4. The van der Waals surface area contributed by atoms with E-state index < -0.39 is 11.4 Å². The number of aromatic nitrogens is 1. The number of nitrogens with zero attached hydrogens (tertiary/aromatic N) is 3. The topological polar surface area (TPSA) is 113 Å². The Labute approximate surface area is 232 Å². The summed E-state index contributed by atoms with van der Waals surface area (Å²) in [6.45, 7) is 4.71. The zero-order valence-corrected chi connectivity index (χ0v) is 23.4. The molecule has 1 saturated carbocycles. The highest BCUT2D eigenvalue weighted by atomic mass is 79.9. The molecule has 9 nitrogen and oxygen atoms in total. The van der Waals surface area contributed by atoms with E-state index >= 15 is 0 Å². The van der Waals surface area contributed by atoms with Crippen LogP contribution in [0.25, 0.3) is 0 Å². The van der Waals surface area contributed by atoms with Crippen LogP contribution in [0.3, 0.4) is 0 Å². The molecule has 0 radical (unpaired) electrons. The molecule has 3 aliphatic rings. The molecule has 12 heteroatoms. The van der Waals surface area contributed by atoms with Crippen molar-refractivity contribution in [2.45, 2.75) is 32.3 Å². The number of morpholine rings is 1. The minimum atomic E-state index is -0.728. The molecule has 5 rings (SSSR count). The summed E-state index contributed by atoms with van der Waals surface area (Å²) in [6.07, 6.45) is 3.56. The second-order valence-corrected chi connectivity index (χ2v) is 11.1. The number of carbonyl (C=O) groups is 2. The fraction of sp³-hybridized carbons (Fsp3) is 0.462. The Kier molecular flexibility index (Phi) is 9.64. The SMILES string of the molecule is CCOC(=O)C1=C(CN2CCOC(CC3(C(=O)O)CC3)C2)NC(c2nccs2)=NC1.Fc1cccc(Br)c1. The maximum Gasteiger partial charge on any atom is 0.337 e. The van der Waals surface area contributed by atoms with Gasteiger partial charge < -0.3 is 19.9 Å². The fourth-order valence-electron chi connectivity index (χ4n) is 4.34. The van der Waals surface area contributed by atoms with Crippen LogP contribution in [0.5, 0.6) is 0 Å². The molecule has 1 saturated heterocycles. The Morgan fingerprint density at radius 2 is 2.21 bits per heavy atom. The van der Waals surface area contributed by atoms with Gasteiger partial charge in [0.2, 0.25) is 0 Å². The molecule has 1 aromatic carbocycles. The van der Waals surface area contributed by atoms with Crippen LogP contribution in [0, 0.1) is 11.2 Å². The van der Waals surface area contributed by atoms with Crippen molar-refractivity contribution in [2.75, 3.05) is 39.4 Å². The molecule has 2 N–H and O–H groups in total. The fourth-order valence-corrected chi connectivity index (χ4v) is 5.31. The molecular weight excluding hydrogens is 579 g/mol. The van der Waals surface area contributed by atoms with Crippen molar-refractivity contribution in [3.63, 3.8) is 0 Å². The lowest BCUT2D eigenvalue weighted by atomic mass is 9.97. The van der Waals surface area contributed by atoms with E-state index in [2.05, 4.69) is 36.1 Å². The molecule has 2 fully saturated rings. The second-order valence-electron chi connectivity index (χ2n) is 9.26. The molecule has 3 heterocycles. The van der Waals surface area contributed by atoms with Crippen molar-refractivity contribution in [1.29, 1.82) is 0 Å². The largest absolute Gasteiger partial charge is 0.481 e. The van der Waals surface area contributed by atoms with Gasteiger partial charge in [0.1, 0.15) is 5.82 Å². The molecular formula is C26H30BrFN4O5S. The average molecular weight is 610 g/mol. The van der Waals surface area contributed by atoms with Gasteiger partial charge >= 0.3 is 11.9 Å². The van der Waals surface area contributed by atoms with E-state index in [1.54, 1.807) is 25.3 Å². The van der Waals surface area contributed by atoms with Gasteiger partial charge in [-0.15, -0.1) is 11.3 Å². The molecule has 2 aromatic rings. The van der Waals surface area contributed by atoms with Crippen LogP contribution in [0.15, 0.2) is 56.6 Å². The molecule has 1 unspecified atom stereocenters. The molecule has 1 aromatic heterocycles. The summed E-state index contributed by atoms with van der Waals surface area (Å²) in [5.41, 5.74) is 0.662. The van der Waals surface area contributed by atoms with E-state index in [1.807, 2.05) is 5.38 Å². The van der Waals surface area contributed by atoms with Gasteiger partial charge in [0.25, 0.3) is 0 Å². The average Bonchev–Trinajstić information content (AvgIpc) is 3.46. The molecule has 1 aliphatic carbocycles. The zero-order chi connectivity index (χ0) is 27.1. The number of esters is 1. The zero-order valence-electron chi connectivity index (χ0n) is 21.0. The predicted molar refractivity (Wildman–Crippen MR) is 145 cm³/mol. The van der Waals surface area contributed by atoms with Crippen LogP contribution in [0.2, 0.25) is 0 Å². The van der Waals surface area contributed by atoms with Gasteiger partial charge in [0, 0.05) is 41.4 Å². The number of hydrogen-bond donors (Lipinski definition) is 2. The Bertz CT molecular complexity index is 1180. The smallest absolute Gasteiger partial charge is 0.337 e. The number of carboxylic acids is 1. The molecule has 2 aliphatic heterocycles. The van der Waals surface area contributed by atoms with E-state index in [0.29, 0.717) is 50.7 Å². The third-order valence-corrected chi connectivity index (χ3v) is 7.78. The van der Waals surface area contributed by atoms with Gasteiger partial charge in [0.15, 0.2) is 10.8 Å². The first-order valence-corrected chi connectivity index (χ1v) is 14.1. The summed E-state index contributed by atoms with van der Waals surface area (Å²) in [6, 6.07) is 6.26. The summed E-state index contributed by atoms with van der Waals surface area (Å²) in [5.74, 6) is -0.650. The molecule has 0 amide bonds. The van der Waals surface area contributed by atoms with Crippen molar-refractivity contribution in [1.82, 2.24) is 15.2 Å². The number of amidine groups is 1. The number of nitrogens with one attached hydrogen (secondary N) is 1. The van der Waals surface area contributed by atoms with Gasteiger partial charge in [-0.2, -0.15) is 0 Å². The normalized spacial score (nSPS) is 20.5. The molecule has 1 atom stereocenters. The first-order chi connectivity index (χ1) is 18.3. The minimum Gasteiger partial charge on any atom is -0.481 e. The lowest BCUT2D eigenvalue weighted by Gasteiger charge is -2.35. The van der Waals surface area contributed by atoms with E-state index in [0.717, 1.165) is 28.0 Å². The third-order valence-electron chi connectivity index (χ3n) is 6.50. The van der Waals surface area contributed by atoms with Crippen molar-refractivity contribution in [3.8, 4) is 0 Å². The van der Waals surface area contributed by atoms with Crippen LogP contribution in [-0.2, 0) is 19.1 Å². The Hall–Kier alpha value is -2.67. The maximum absolute atomic E-state index is 12.5. The first kappa shape index (κ1) is 28.3. The predicted octanol–water partition coefficient (Wildman–Crippen LogP) is 3.85. The molecule has 0 bridgehead atoms. The Balaban J connectivity index is 0.000000360. The van der Waals surface area contributed by atoms with E-state index in [4.69, 9.17) is 9.47 Å². The van der Waals surface area contributed by atoms with Crippen LogP contribution in [-0.4, -0.2) is 78.3 Å². The van der Waals surface area contributed by atoms with Crippen LogP contribution >= 0.6 is 27.3 Å². The van der Waals surface area contributed by atoms with Crippen molar-refractivity contribution >= 4 is 45.0 Å². The highest BCUT2D eigenvalue weighted by Crippen LogP contribution is 2.50. The van der Waals surface area contributed by atoms with Crippen molar-refractivity contribution in [3.05, 3.63) is 62.4 Å². The van der Waals surface area contributed by atoms with Crippen LogP contribution in [0.1, 0.15) is 31.2 Å². The molecule has 0 spiro atoms. The number of aliphatic carboxylic acids is 1. The highest BCUT2D eigenvalue weighted by molar-refractivity contribution is 9.10. The standard InChI is InChI=1S/C20H26N4O5S.C6H4BrF/c1-2-28-18(25)14-10-22-16(17-21-5-8-30-17)23-15(14)12-24-6-7-29-13(11-24)9-20(3-4-20)19(26)27;7-5-2-1-3-6(8)4-5/h5,8,13H,2-4,6-7,9-12H2,1H3,(H,22,23)(H,26,27);1-4H. The number of ether oxygens (including phenoxy) is 2. The van der Waals surface area contributed by atoms with E-state index in [-0.39, 0.29) is 24.4 Å². The lowest BCUT2D eigenvalue weighted by Crippen LogP contribution is -2.47. The van der Waals surface area contributed by atoms with Gasteiger partial charge in [-0.3, -0.25) is 14.7 Å². The van der Waals surface area contributed by atoms with Crippen LogP contribution in [0.4, 0.5) is 4.39 Å². The number of hydrogen-bond acceptors (Lipinski definition) is 9. The third kappa shape index (κ3) is 7.46.